The number of carbonyl (C=O) groups is 2. The quantitative estimate of drug-likeness (QED) is 0.880. The van der Waals surface area contributed by atoms with Gasteiger partial charge in [0, 0.05) is 31.9 Å². The van der Waals surface area contributed by atoms with E-state index in [1.54, 1.807) is 17.0 Å². The summed E-state index contributed by atoms with van der Waals surface area (Å²) >= 11 is 0. The van der Waals surface area contributed by atoms with Crippen molar-refractivity contribution in [2.24, 2.45) is 5.41 Å². The Morgan fingerprint density at radius 2 is 2.04 bits per heavy atom. The van der Waals surface area contributed by atoms with Gasteiger partial charge in [-0.1, -0.05) is 0 Å². The lowest BCUT2D eigenvalue weighted by Gasteiger charge is -2.44. The number of carbonyl (C=O) groups excluding carboxylic acids is 2. The van der Waals surface area contributed by atoms with E-state index in [2.05, 4.69) is 5.32 Å². The number of halogens is 1. The van der Waals surface area contributed by atoms with Crippen molar-refractivity contribution in [3.8, 4) is 0 Å². The topological polar surface area (TPSA) is 61.9 Å². The summed E-state index contributed by atoms with van der Waals surface area (Å²) in [6.45, 7) is 4.74. The molecule has 2 aliphatic heterocycles. The average Bonchev–Trinajstić information content (AvgIpc) is 3.21. The van der Waals surface area contributed by atoms with Gasteiger partial charge in [0.05, 0.1) is 6.10 Å². The second kappa shape index (κ2) is 7.11. The molecule has 1 N–H and O–H groups in total. The Morgan fingerprint density at radius 3 is 2.74 bits per heavy atom. The molecule has 3 fully saturated rings. The second-order valence-corrected chi connectivity index (χ2v) is 7.91. The number of rotatable bonds is 4. The first-order chi connectivity index (χ1) is 13.0. The maximum absolute atomic E-state index is 13.1. The average molecular weight is 375 g/mol. The van der Waals surface area contributed by atoms with Crippen molar-refractivity contribution in [3.63, 3.8) is 0 Å². The third kappa shape index (κ3) is 3.52. The van der Waals surface area contributed by atoms with E-state index in [9.17, 15) is 14.0 Å². The monoisotopic (exact) mass is 375 g/mol. The number of anilines is 1. The Balaban J connectivity index is 1.30. The number of hydrogen-bond acceptors (Lipinski definition) is 3. The van der Waals surface area contributed by atoms with E-state index >= 15 is 0 Å². The fourth-order valence-electron chi connectivity index (χ4n) is 4.63. The summed E-state index contributed by atoms with van der Waals surface area (Å²) in [4.78, 5) is 28.7. The maximum atomic E-state index is 13.1. The lowest BCUT2D eigenvalue weighted by Crippen LogP contribution is -2.49. The zero-order chi connectivity index (χ0) is 19.0. The molecule has 1 saturated carbocycles. The molecule has 3 amide bonds. The van der Waals surface area contributed by atoms with Crippen LogP contribution < -0.4 is 10.2 Å². The van der Waals surface area contributed by atoms with Gasteiger partial charge in [-0.25, -0.2) is 9.18 Å². The van der Waals surface area contributed by atoms with Crippen LogP contribution in [-0.2, 0) is 9.53 Å². The summed E-state index contributed by atoms with van der Waals surface area (Å²) in [5.74, 6) is -0.468. The zero-order valence-corrected chi connectivity index (χ0v) is 15.6. The van der Waals surface area contributed by atoms with Crippen molar-refractivity contribution in [3.05, 3.63) is 30.1 Å². The predicted octanol–water partition coefficient (Wildman–Crippen LogP) is 2.53. The lowest BCUT2D eigenvalue weighted by molar-refractivity contribution is -0.118. The molecule has 1 aromatic carbocycles. The minimum atomic E-state index is -0.517. The standard InChI is InChI=1S/C20H26FN3O3/c1-2-27-16-11-20(12-16)8-10-23(13-20)19(26)22-17-7-9-24(18(17)25)15-5-3-14(21)4-6-15/h3-6,16-17H,2,7-13H2,1H3,(H,22,26). The van der Waals surface area contributed by atoms with Gasteiger partial charge in [0.2, 0.25) is 5.91 Å². The summed E-state index contributed by atoms with van der Waals surface area (Å²) in [7, 11) is 0. The Labute approximate surface area is 158 Å². The molecular formula is C20H26FN3O3. The highest BCUT2D eigenvalue weighted by molar-refractivity contribution is 6.01. The fraction of sp³-hybridized carbons (Fsp3) is 0.600. The molecule has 2 saturated heterocycles. The Hall–Kier alpha value is -2.15. The molecule has 2 heterocycles. The van der Waals surface area contributed by atoms with Gasteiger partial charge in [0.25, 0.3) is 0 Å². The van der Waals surface area contributed by atoms with Crippen molar-refractivity contribution in [1.82, 2.24) is 10.2 Å². The summed E-state index contributed by atoms with van der Waals surface area (Å²) < 4.78 is 18.7. The number of likely N-dealkylation sites (tertiary alicyclic amines) is 1. The number of urea groups is 1. The van der Waals surface area contributed by atoms with Crippen LogP contribution in [0, 0.1) is 11.2 Å². The molecule has 1 unspecified atom stereocenters. The maximum Gasteiger partial charge on any atom is 0.318 e. The molecule has 146 valence electrons. The van der Waals surface area contributed by atoms with Gasteiger partial charge in [-0.2, -0.15) is 0 Å². The van der Waals surface area contributed by atoms with Crippen LogP contribution in [0.15, 0.2) is 24.3 Å². The van der Waals surface area contributed by atoms with E-state index in [0.29, 0.717) is 24.8 Å². The number of benzene rings is 1. The Morgan fingerprint density at radius 1 is 1.30 bits per heavy atom. The predicted molar refractivity (Wildman–Crippen MR) is 99.0 cm³/mol. The highest BCUT2D eigenvalue weighted by Gasteiger charge is 2.50. The van der Waals surface area contributed by atoms with Gasteiger partial charge < -0.3 is 19.9 Å². The number of nitrogens with one attached hydrogen (secondary N) is 1. The van der Waals surface area contributed by atoms with Gasteiger partial charge >= 0.3 is 6.03 Å². The second-order valence-electron chi connectivity index (χ2n) is 7.91. The largest absolute Gasteiger partial charge is 0.378 e. The molecule has 0 radical (unpaired) electrons. The Kier molecular flexibility index (Phi) is 4.80. The summed E-state index contributed by atoms with van der Waals surface area (Å²) in [6, 6.07) is 5.18. The number of ether oxygens (including phenoxy) is 1. The first kappa shape index (κ1) is 18.2. The Bertz CT molecular complexity index is 718. The van der Waals surface area contributed by atoms with Gasteiger partial charge in [-0.05, 0) is 62.3 Å². The zero-order valence-electron chi connectivity index (χ0n) is 15.6. The van der Waals surface area contributed by atoms with E-state index in [1.165, 1.54) is 12.1 Å². The third-order valence-electron chi connectivity index (χ3n) is 6.09. The molecule has 1 atom stereocenters. The van der Waals surface area contributed by atoms with E-state index < -0.39 is 6.04 Å². The first-order valence-corrected chi connectivity index (χ1v) is 9.74. The van der Waals surface area contributed by atoms with Crippen LogP contribution in [0.5, 0.6) is 0 Å². The van der Waals surface area contributed by atoms with E-state index in [-0.39, 0.29) is 23.2 Å². The van der Waals surface area contributed by atoms with Crippen molar-refractivity contribution in [2.45, 2.75) is 44.8 Å². The van der Waals surface area contributed by atoms with Crippen LogP contribution in [0.3, 0.4) is 0 Å². The fourth-order valence-corrected chi connectivity index (χ4v) is 4.63. The molecule has 1 aliphatic carbocycles. The number of hydrogen-bond donors (Lipinski definition) is 1. The van der Waals surface area contributed by atoms with Crippen molar-refractivity contribution < 1.29 is 18.7 Å². The summed E-state index contributed by atoms with van der Waals surface area (Å²) in [6.07, 6.45) is 3.94. The molecule has 1 aromatic rings. The van der Waals surface area contributed by atoms with Crippen LogP contribution in [0.25, 0.3) is 0 Å². The van der Waals surface area contributed by atoms with Crippen molar-refractivity contribution >= 4 is 17.6 Å². The third-order valence-corrected chi connectivity index (χ3v) is 6.09. The van der Waals surface area contributed by atoms with Gasteiger partial charge in [0.15, 0.2) is 0 Å². The lowest BCUT2D eigenvalue weighted by atomic mass is 9.66. The molecule has 0 aromatic heterocycles. The molecule has 1 spiro atoms. The minimum Gasteiger partial charge on any atom is -0.378 e. The van der Waals surface area contributed by atoms with Crippen LogP contribution in [0.4, 0.5) is 14.9 Å². The van der Waals surface area contributed by atoms with E-state index in [0.717, 1.165) is 39.0 Å². The molecular weight excluding hydrogens is 349 g/mol. The van der Waals surface area contributed by atoms with Gasteiger partial charge in [-0.3, -0.25) is 4.79 Å². The smallest absolute Gasteiger partial charge is 0.318 e. The molecule has 27 heavy (non-hydrogen) atoms. The molecule has 6 nitrogen and oxygen atoms in total. The van der Waals surface area contributed by atoms with Crippen LogP contribution in [0.2, 0.25) is 0 Å². The van der Waals surface area contributed by atoms with Gasteiger partial charge in [0.1, 0.15) is 11.9 Å². The SMILES string of the molecule is CCOC1CC2(CCN(C(=O)NC3CCN(c4ccc(F)cc4)C3=O)C2)C1. The highest BCUT2D eigenvalue weighted by Crippen LogP contribution is 2.49. The normalized spacial score (nSPS) is 30.1. The number of amides is 3. The van der Waals surface area contributed by atoms with E-state index in [4.69, 9.17) is 4.74 Å². The molecule has 0 bridgehead atoms. The molecule has 7 heteroatoms. The van der Waals surface area contributed by atoms with Crippen LogP contribution in [-0.4, -0.2) is 55.2 Å². The van der Waals surface area contributed by atoms with Crippen molar-refractivity contribution in [2.75, 3.05) is 31.1 Å². The van der Waals surface area contributed by atoms with Crippen LogP contribution >= 0.6 is 0 Å². The number of nitrogens with zero attached hydrogens (tertiary/aromatic N) is 2. The minimum absolute atomic E-state index is 0.135. The molecule has 4 rings (SSSR count). The highest BCUT2D eigenvalue weighted by atomic mass is 19.1. The van der Waals surface area contributed by atoms with Gasteiger partial charge in [-0.15, -0.1) is 0 Å². The summed E-state index contributed by atoms with van der Waals surface area (Å²) in [5, 5.41) is 2.89. The summed E-state index contributed by atoms with van der Waals surface area (Å²) in [5.41, 5.74) is 0.867. The van der Waals surface area contributed by atoms with Crippen molar-refractivity contribution in [1.29, 1.82) is 0 Å². The van der Waals surface area contributed by atoms with Crippen LogP contribution in [0.1, 0.15) is 32.6 Å². The first-order valence-electron chi connectivity index (χ1n) is 9.74. The van der Waals surface area contributed by atoms with E-state index in [1.807, 2.05) is 11.8 Å². The molecule has 3 aliphatic rings.